The van der Waals surface area contributed by atoms with Gasteiger partial charge in [-0.05, 0) is 71.2 Å². The minimum absolute atomic E-state index is 0.245. The van der Waals surface area contributed by atoms with Crippen LogP contribution in [-0.2, 0) is 6.42 Å². The molecule has 0 aliphatic heterocycles. The average molecular weight is 263 g/mol. The summed E-state index contributed by atoms with van der Waals surface area (Å²) >= 11 is 0. The Morgan fingerprint density at radius 3 is 2.26 bits per heavy atom. The highest BCUT2D eigenvalue weighted by atomic mass is 16.5. The van der Waals surface area contributed by atoms with Crippen molar-refractivity contribution in [3.63, 3.8) is 0 Å². The number of aryl methyl sites for hydroxylation is 1. The molecule has 0 aliphatic rings. The molecule has 1 rings (SSSR count). The van der Waals surface area contributed by atoms with Gasteiger partial charge in [0, 0.05) is 5.54 Å². The lowest BCUT2D eigenvalue weighted by Gasteiger charge is -2.20. The normalized spacial score (nSPS) is 11.6. The van der Waals surface area contributed by atoms with Crippen LogP contribution in [0.3, 0.4) is 0 Å². The summed E-state index contributed by atoms with van der Waals surface area (Å²) in [7, 11) is 0. The number of benzene rings is 1. The highest BCUT2D eigenvalue weighted by molar-refractivity contribution is 5.27. The van der Waals surface area contributed by atoms with Crippen LogP contribution in [0.25, 0.3) is 0 Å². The molecule has 0 saturated heterocycles. The highest BCUT2D eigenvalue weighted by Crippen LogP contribution is 2.14. The van der Waals surface area contributed by atoms with Gasteiger partial charge >= 0.3 is 0 Å². The van der Waals surface area contributed by atoms with Crippen LogP contribution in [0.5, 0.6) is 5.75 Å². The third kappa shape index (κ3) is 7.89. The van der Waals surface area contributed by atoms with Gasteiger partial charge in [0.1, 0.15) is 5.75 Å². The predicted molar refractivity (Wildman–Crippen MR) is 82.9 cm³/mol. The fraction of sp³-hybridized carbons (Fsp3) is 0.647. The van der Waals surface area contributed by atoms with Gasteiger partial charge in [0.2, 0.25) is 0 Å². The molecule has 0 amide bonds. The summed E-state index contributed by atoms with van der Waals surface area (Å²) in [5.41, 5.74) is 1.65. The van der Waals surface area contributed by atoms with Crippen LogP contribution in [0, 0.1) is 0 Å². The van der Waals surface area contributed by atoms with E-state index in [4.69, 9.17) is 4.74 Å². The van der Waals surface area contributed by atoms with Gasteiger partial charge < -0.3 is 10.1 Å². The van der Waals surface area contributed by atoms with Gasteiger partial charge in [-0.3, -0.25) is 0 Å². The number of hydrogen-bond acceptors (Lipinski definition) is 2. The van der Waals surface area contributed by atoms with Crippen molar-refractivity contribution in [2.24, 2.45) is 0 Å². The predicted octanol–water partition coefficient (Wildman–Crippen LogP) is 4.19. The molecule has 0 spiro atoms. The van der Waals surface area contributed by atoms with E-state index < -0.39 is 0 Å². The van der Waals surface area contributed by atoms with Crippen LogP contribution in [0.15, 0.2) is 24.3 Å². The first kappa shape index (κ1) is 16.0. The van der Waals surface area contributed by atoms with Crippen molar-refractivity contribution in [2.75, 3.05) is 13.2 Å². The summed E-state index contributed by atoms with van der Waals surface area (Å²) in [6.45, 7) is 10.5. The Kier molecular flexibility index (Phi) is 6.93. The van der Waals surface area contributed by atoms with E-state index in [2.05, 4.69) is 50.4 Å². The lowest BCUT2D eigenvalue weighted by molar-refractivity contribution is 0.340. The average Bonchev–Trinajstić information content (AvgIpc) is 2.35. The monoisotopic (exact) mass is 263 g/mol. The van der Waals surface area contributed by atoms with Crippen LogP contribution >= 0.6 is 0 Å². The molecule has 1 aromatic carbocycles. The smallest absolute Gasteiger partial charge is 0.119 e. The summed E-state index contributed by atoms with van der Waals surface area (Å²) < 4.78 is 5.44. The van der Waals surface area contributed by atoms with Crippen LogP contribution in [0.4, 0.5) is 0 Å². The first-order valence-electron chi connectivity index (χ1n) is 7.48. The van der Waals surface area contributed by atoms with Gasteiger partial charge in [-0.25, -0.2) is 0 Å². The number of rotatable bonds is 8. The van der Waals surface area contributed by atoms with E-state index in [9.17, 15) is 0 Å². The third-order valence-electron chi connectivity index (χ3n) is 3.03. The standard InChI is InChI=1S/C17H29NO/c1-5-19-16-12-10-15(11-13-16)9-7-6-8-14-18-17(2,3)4/h10-13,18H,5-9,14H2,1-4H3. The second kappa shape index (κ2) is 8.21. The lowest BCUT2D eigenvalue weighted by atomic mass is 10.1. The Hall–Kier alpha value is -1.02. The fourth-order valence-corrected chi connectivity index (χ4v) is 2.01. The van der Waals surface area contributed by atoms with Crippen LogP contribution in [0.1, 0.15) is 52.5 Å². The van der Waals surface area contributed by atoms with Crippen LogP contribution in [-0.4, -0.2) is 18.7 Å². The lowest BCUT2D eigenvalue weighted by Crippen LogP contribution is -2.36. The van der Waals surface area contributed by atoms with Gasteiger partial charge in [-0.1, -0.05) is 18.6 Å². The first-order chi connectivity index (χ1) is 9.01. The van der Waals surface area contributed by atoms with E-state index in [1.54, 1.807) is 0 Å². The van der Waals surface area contributed by atoms with E-state index in [1.807, 2.05) is 6.92 Å². The Balaban J connectivity index is 2.12. The largest absolute Gasteiger partial charge is 0.494 e. The molecule has 0 unspecified atom stereocenters. The van der Waals surface area contributed by atoms with Crippen molar-refractivity contribution in [1.29, 1.82) is 0 Å². The zero-order chi connectivity index (χ0) is 14.1. The fourth-order valence-electron chi connectivity index (χ4n) is 2.01. The highest BCUT2D eigenvalue weighted by Gasteiger charge is 2.06. The number of hydrogen-bond donors (Lipinski definition) is 1. The number of ether oxygens (including phenoxy) is 1. The molecule has 2 nitrogen and oxygen atoms in total. The molecule has 1 aromatic rings. The molecule has 108 valence electrons. The quantitative estimate of drug-likeness (QED) is 0.710. The van der Waals surface area contributed by atoms with Gasteiger partial charge in [-0.15, -0.1) is 0 Å². The van der Waals surface area contributed by atoms with Gasteiger partial charge in [-0.2, -0.15) is 0 Å². The molecule has 0 aliphatic carbocycles. The molecule has 1 N–H and O–H groups in total. The van der Waals surface area contributed by atoms with E-state index in [-0.39, 0.29) is 5.54 Å². The maximum atomic E-state index is 5.44. The molecule has 0 saturated carbocycles. The Morgan fingerprint density at radius 2 is 1.68 bits per heavy atom. The maximum Gasteiger partial charge on any atom is 0.119 e. The number of nitrogens with one attached hydrogen (secondary N) is 1. The molecule has 0 heterocycles. The Bertz CT molecular complexity index is 337. The van der Waals surface area contributed by atoms with Gasteiger partial charge in [0.05, 0.1) is 6.61 Å². The molecular formula is C17H29NO. The maximum absolute atomic E-state index is 5.44. The van der Waals surface area contributed by atoms with Crippen molar-refractivity contribution in [3.05, 3.63) is 29.8 Å². The van der Waals surface area contributed by atoms with Crippen molar-refractivity contribution < 1.29 is 4.74 Å². The molecule has 0 atom stereocenters. The second-order valence-corrected chi connectivity index (χ2v) is 6.06. The van der Waals surface area contributed by atoms with Crippen LogP contribution < -0.4 is 10.1 Å². The summed E-state index contributed by atoms with van der Waals surface area (Å²) in [6.07, 6.45) is 4.98. The zero-order valence-electron chi connectivity index (χ0n) is 13.0. The molecule has 0 fully saturated rings. The van der Waals surface area contributed by atoms with E-state index in [0.717, 1.165) is 18.9 Å². The second-order valence-electron chi connectivity index (χ2n) is 6.06. The Morgan fingerprint density at radius 1 is 1.00 bits per heavy atom. The summed E-state index contributed by atoms with van der Waals surface area (Å²) in [6, 6.07) is 8.50. The summed E-state index contributed by atoms with van der Waals surface area (Å²) in [5, 5.41) is 3.53. The third-order valence-corrected chi connectivity index (χ3v) is 3.03. The minimum atomic E-state index is 0.245. The minimum Gasteiger partial charge on any atom is -0.494 e. The summed E-state index contributed by atoms with van der Waals surface area (Å²) in [4.78, 5) is 0. The Labute approximate surface area is 118 Å². The zero-order valence-corrected chi connectivity index (χ0v) is 13.0. The van der Waals surface area contributed by atoms with Crippen molar-refractivity contribution in [3.8, 4) is 5.75 Å². The topological polar surface area (TPSA) is 21.3 Å². The first-order valence-corrected chi connectivity index (χ1v) is 7.48. The SMILES string of the molecule is CCOc1ccc(CCCCCNC(C)(C)C)cc1. The van der Waals surface area contributed by atoms with Crippen LogP contribution in [0.2, 0.25) is 0 Å². The van der Waals surface area contributed by atoms with Gasteiger partial charge in [0.25, 0.3) is 0 Å². The molecule has 2 heteroatoms. The van der Waals surface area contributed by atoms with Gasteiger partial charge in [0.15, 0.2) is 0 Å². The van der Waals surface area contributed by atoms with E-state index >= 15 is 0 Å². The molecular weight excluding hydrogens is 234 g/mol. The summed E-state index contributed by atoms with van der Waals surface area (Å²) in [5.74, 6) is 0.973. The molecule has 0 radical (unpaired) electrons. The van der Waals surface area contributed by atoms with E-state index in [1.165, 1.54) is 31.2 Å². The van der Waals surface area contributed by atoms with E-state index in [0.29, 0.717) is 0 Å². The molecule has 0 aromatic heterocycles. The number of unbranched alkanes of at least 4 members (excludes halogenated alkanes) is 2. The van der Waals surface area contributed by atoms with Crippen molar-refractivity contribution in [2.45, 2.75) is 58.9 Å². The van der Waals surface area contributed by atoms with Crippen molar-refractivity contribution in [1.82, 2.24) is 5.32 Å². The molecule has 0 bridgehead atoms. The molecule has 19 heavy (non-hydrogen) atoms. The van der Waals surface area contributed by atoms with Crippen molar-refractivity contribution >= 4 is 0 Å².